The Labute approximate surface area is 167 Å². The Morgan fingerprint density at radius 1 is 1.14 bits per heavy atom. The van der Waals surface area contributed by atoms with Gasteiger partial charge in [-0.15, -0.1) is 0 Å². The fourth-order valence-corrected chi connectivity index (χ4v) is 4.07. The Morgan fingerprint density at radius 2 is 1.79 bits per heavy atom. The van der Waals surface area contributed by atoms with Crippen LogP contribution in [0.2, 0.25) is 0 Å². The summed E-state index contributed by atoms with van der Waals surface area (Å²) in [5, 5.41) is 3.39. The molecule has 1 N–H and O–H groups in total. The van der Waals surface area contributed by atoms with Gasteiger partial charge < -0.3 is 24.1 Å². The summed E-state index contributed by atoms with van der Waals surface area (Å²) in [6.45, 7) is 1.98. The number of rotatable bonds is 6. The van der Waals surface area contributed by atoms with Gasteiger partial charge in [-0.2, -0.15) is 4.98 Å². The molecule has 150 valence electrons. The van der Waals surface area contributed by atoms with Crippen molar-refractivity contribution >= 4 is 23.5 Å². The number of anilines is 1. The summed E-state index contributed by atoms with van der Waals surface area (Å²) >= 11 is 1.45. The van der Waals surface area contributed by atoms with Gasteiger partial charge >= 0.3 is 0 Å². The lowest BCUT2D eigenvalue weighted by molar-refractivity contribution is -0.116. The van der Waals surface area contributed by atoms with Crippen LogP contribution in [0.3, 0.4) is 0 Å². The van der Waals surface area contributed by atoms with Crippen LogP contribution in [0.25, 0.3) is 0 Å². The van der Waals surface area contributed by atoms with Crippen LogP contribution in [-0.2, 0) is 11.8 Å². The van der Waals surface area contributed by atoms with Crippen LogP contribution in [0.4, 0.5) is 5.82 Å². The zero-order valence-corrected chi connectivity index (χ0v) is 17.3. The molecule has 0 aliphatic carbocycles. The first-order valence-electron chi connectivity index (χ1n) is 8.78. The molecule has 8 nitrogen and oxygen atoms in total. The second kappa shape index (κ2) is 8.14. The lowest BCUT2D eigenvalue weighted by Crippen LogP contribution is -2.33. The van der Waals surface area contributed by atoms with Crippen molar-refractivity contribution in [2.24, 2.45) is 7.05 Å². The van der Waals surface area contributed by atoms with E-state index in [-0.39, 0.29) is 17.9 Å². The monoisotopic (exact) mass is 405 g/mol. The van der Waals surface area contributed by atoms with Crippen molar-refractivity contribution in [2.45, 2.75) is 24.4 Å². The molecule has 1 aliphatic heterocycles. The van der Waals surface area contributed by atoms with Crippen molar-refractivity contribution in [3.63, 3.8) is 0 Å². The Bertz CT molecular complexity index is 973. The molecule has 1 aromatic heterocycles. The van der Waals surface area contributed by atoms with Crippen LogP contribution >= 0.6 is 11.8 Å². The van der Waals surface area contributed by atoms with Gasteiger partial charge in [0, 0.05) is 31.0 Å². The molecule has 0 bridgehead atoms. The van der Waals surface area contributed by atoms with Gasteiger partial charge in [0.05, 0.1) is 26.9 Å². The lowest BCUT2D eigenvalue weighted by atomic mass is 9.86. The molecule has 0 spiro atoms. The van der Waals surface area contributed by atoms with E-state index in [1.807, 2.05) is 6.92 Å². The Kier molecular flexibility index (Phi) is 5.83. The number of carbonyl (C=O) groups excluding carboxylic acids is 1. The van der Waals surface area contributed by atoms with Crippen molar-refractivity contribution < 1.29 is 19.0 Å². The Balaban J connectivity index is 2.25. The Morgan fingerprint density at radius 3 is 2.39 bits per heavy atom. The molecule has 1 unspecified atom stereocenters. The number of amides is 1. The summed E-state index contributed by atoms with van der Waals surface area (Å²) in [6.07, 6.45) is 0.107. The van der Waals surface area contributed by atoms with Crippen LogP contribution in [0.1, 0.15) is 30.4 Å². The van der Waals surface area contributed by atoms with E-state index in [0.717, 1.165) is 5.75 Å². The third kappa shape index (κ3) is 3.42. The molecule has 1 amide bonds. The minimum Gasteiger partial charge on any atom is -0.496 e. The van der Waals surface area contributed by atoms with Crippen molar-refractivity contribution in [3.8, 4) is 17.2 Å². The first kappa shape index (κ1) is 20.1. The normalized spacial score (nSPS) is 15.6. The van der Waals surface area contributed by atoms with E-state index in [4.69, 9.17) is 14.2 Å². The molecular weight excluding hydrogens is 382 g/mol. The van der Waals surface area contributed by atoms with E-state index in [1.54, 1.807) is 23.7 Å². The molecule has 1 aromatic carbocycles. The number of carbonyl (C=O) groups is 1. The number of hydrogen-bond donors (Lipinski definition) is 1. The number of benzene rings is 1. The lowest BCUT2D eigenvalue weighted by Gasteiger charge is -2.28. The zero-order chi connectivity index (χ0) is 20.4. The highest BCUT2D eigenvalue weighted by atomic mass is 32.2. The Hall–Kier alpha value is -2.68. The van der Waals surface area contributed by atoms with Crippen LogP contribution < -0.4 is 25.1 Å². The number of nitrogens with zero attached hydrogens (tertiary/aromatic N) is 2. The van der Waals surface area contributed by atoms with Gasteiger partial charge in [-0.1, -0.05) is 18.7 Å². The average Bonchev–Trinajstić information content (AvgIpc) is 2.70. The number of thioether (sulfide) groups is 1. The number of fused-ring (bicyclic) bond motifs is 1. The van der Waals surface area contributed by atoms with E-state index in [2.05, 4.69) is 10.3 Å². The van der Waals surface area contributed by atoms with Crippen LogP contribution in [0.5, 0.6) is 17.2 Å². The number of hydrogen-bond acceptors (Lipinski definition) is 7. The maximum atomic E-state index is 12.9. The SMILES string of the molecule is CCSc1nc(=O)c2c(n1C)NC(=O)CC2c1cc(OC)c(OC)cc1OC. The summed E-state index contributed by atoms with van der Waals surface area (Å²) in [5.74, 6) is 2.05. The molecular formula is C19H23N3O5S. The predicted octanol–water partition coefficient (Wildman–Crippen LogP) is 2.39. The standard InChI is InChI=1S/C19H23N3O5S/c1-6-28-19-21-18(24)16-11(8-15(23)20-17(16)22(19)2)10-7-13(26-4)14(27-5)9-12(10)25-3/h7,9,11H,6,8H2,1-5H3,(H,20,23). The molecule has 2 aromatic rings. The van der Waals surface area contributed by atoms with Crippen molar-refractivity contribution in [1.82, 2.24) is 9.55 Å². The largest absolute Gasteiger partial charge is 0.496 e. The average molecular weight is 405 g/mol. The quantitative estimate of drug-likeness (QED) is 0.583. The third-order valence-electron chi connectivity index (χ3n) is 4.69. The van der Waals surface area contributed by atoms with E-state index in [9.17, 15) is 9.59 Å². The van der Waals surface area contributed by atoms with Gasteiger partial charge in [0.25, 0.3) is 5.56 Å². The number of ether oxygens (including phenoxy) is 3. The predicted molar refractivity (Wildman–Crippen MR) is 107 cm³/mol. The summed E-state index contributed by atoms with van der Waals surface area (Å²) in [5.41, 5.74) is 0.755. The summed E-state index contributed by atoms with van der Waals surface area (Å²) in [4.78, 5) is 29.6. The van der Waals surface area contributed by atoms with Gasteiger partial charge in [0.15, 0.2) is 16.7 Å². The van der Waals surface area contributed by atoms with E-state index in [0.29, 0.717) is 39.3 Å². The summed E-state index contributed by atoms with van der Waals surface area (Å²) in [7, 11) is 6.39. The minimum absolute atomic E-state index is 0.107. The molecule has 0 radical (unpaired) electrons. The smallest absolute Gasteiger partial charge is 0.279 e. The fourth-order valence-electron chi connectivity index (χ4n) is 3.38. The highest BCUT2D eigenvalue weighted by Crippen LogP contribution is 2.44. The molecule has 2 heterocycles. The van der Waals surface area contributed by atoms with Gasteiger partial charge in [0.2, 0.25) is 5.91 Å². The maximum absolute atomic E-state index is 12.9. The minimum atomic E-state index is -0.509. The van der Waals surface area contributed by atoms with E-state index in [1.165, 1.54) is 33.1 Å². The summed E-state index contributed by atoms with van der Waals surface area (Å²) in [6, 6.07) is 3.44. The van der Waals surface area contributed by atoms with Gasteiger partial charge in [-0.05, 0) is 11.8 Å². The second-order valence-electron chi connectivity index (χ2n) is 6.21. The first-order chi connectivity index (χ1) is 13.4. The van der Waals surface area contributed by atoms with Crippen LogP contribution in [-0.4, -0.2) is 42.5 Å². The highest BCUT2D eigenvalue weighted by Gasteiger charge is 2.34. The fraction of sp³-hybridized carbons (Fsp3) is 0.421. The van der Waals surface area contributed by atoms with Crippen molar-refractivity contribution in [3.05, 3.63) is 33.6 Å². The van der Waals surface area contributed by atoms with Gasteiger partial charge in [-0.25, -0.2) is 0 Å². The van der Waals surface area contributed by atoms with Crippen molar-refractivity contribution in [2.75, 3.05) is 32.4 Å². The summed E-state index contributed by atoms with van der Waals surface area (Å²) < 4.78 is 18.0. The number of nitrogens with one attached hydrogen (secondary N) is 1. The van der Waals surface area contributed by atoms with Crippen LogP contribution in [0, 0.1) is 0 Å². The van der Waals surface area contributed by atoms with Gasteiger partial charge in [-0.3, -0.25) is 9.59 Å². The number of aromatic nitrogens is 2. The molecule has 0 fully saturated rings. The number of methoxy groups -OCH3 is 3. The van der Waals surface area contributed by atoms with Crippen molar-refractivity contribution in [1.29, 1.82) is 0 Å². The van der Waals surface area contributed by atoms with E-state index >= 15 is 0 Å². The van der Waals surface area contributed by atoms with E-state index < -0.39 is 5.92 Å². The van der Waals surface area contributed by atoms with Gasteiger partial charge in [0.1, 0.15) is 11.6 Å². The third-order valence-corrected chi connectivity index (χ3v) is 5.60. The topological polar surface area (TPSA) is 91.7 Å². The zero-order valence-electron chi connectivity index (χ0n) is 16.5. The first-order valence-corrected chi connectivity index (χ1v) is 9.77. The van der Waals surface area contributed by atoms with Crippen LogP contribution in [0.15, 0.2) is 22.1 Å². The molecule has 3 rings (SSSR count). The molecule has 1 aliphatic rings. The maximum Gasteiger partial charge on any atom is 0.279 e. The molecule has 1 atom stereocenters. The molecule has 28 heavy (non-hydrogen) atoms. The molecule has 0 saturated carbocycles. The molecule has 0 saturated heterocycles. The highest BCUT2D eigenvalue weighted by molar-refractivity contribution is 7.99. The molecule has 9 heteroatoms. The second-order valence-corrected chi connectivity index (χ2v) is 7.44.